The van der Waals surface area contributed by atoms with Gasteiger partial charge in [0.15, 0.2) is 5.78 Å². The smallest absolute Gasteiger partial charge is 0.312 e. The summed E-state index contributed by atoms with van der Waals surface area (Å²) in [6, 6.07) is 0. The lowest BCUT2D eigenvalue weighted by atomic mass is 10.1. The van der Waals surface area contributed by atoms with E-state index in [4.69, 9.17) is 9.05 Å². The van der Waals surface area contributed by atoms with E-state index in [1.165, 1.54) is 14.2 Å². The highest BCUT2D eigenvalue weighted by Crippen LogP contribution is 2.48. The van der Waals surface area contributed by atoms with Crippen molar-refractivity contribution in [2.75, 3.05) is 20.4 Å². The zero-order chi connectivity index (χ0) is 11.3. The predicted octanol–water partition coefficient (Wildman–Crippen LogP) is 2.54. The van der Waals surface area contributed by atoms with Gasteiger partial charge in [-0.15, -0.1) is 0 Å². The maximum absolute atomic E-state index is 11.8. The van der Waals surface area contributed by atoms with Crippen LogP contribution in [0.25, 0.3) is 0 Å². The number of ketones is 1. The van der Waals surface area contributed by atoms with Crippen LogP contribution in [0.4, 0.5) is 0 Å². The lowest BCUT2D eigenvalue weighted by molar-refractivity contribution is -0.114. The van der Waals surface area contributed by atoms with Gasteiger partial charge in [0.1, 0.15) is 0 Å². The van der Waals surface area contributed by atoms with Crippen molar-refractivity contribution in [3.8, 4) is 0 Å². The highest BCUT2D eigenvalue weighted by molar-refractivity contribution is 7.54. The molecule has 15 heavy (non-hydrogen) atoms. The Morgan fingerprint density at radius 3 is 2.47 bits per heavy atom. The zero-order valence-corrected chi connectivity index (χ0v) is 10.1. The predicted molar refractivity (Wildman–Crippen MR) is 58.0 cm³/mol. The summed E-state index contributed by atoms with van der Waals surface area (Å²) in [6.07, 6.45) is 5.09. The third kappa shape index (κ3) is 3.90. The van der Waals surface area contributed by atoms with E-state index in [0.29, 0.717) is 6.42 Å². The summed E-state index contributed by atoms with van der Waals surface area (Å²) in [5, 5.41) is 0. The molecule has 0 atom stereocenters. The first-order valence-electron chi connectivity index (χ1n) is 5.02. The SMILES string of the molecule is COP(=O)(CC1=CC(=O)CCCC1)OC. The van der Waals surface area contributed by atoms with Gasteiger partial charge in [0.2, 0.25) is 0 Å². The molecule has 0 heterocycles. The average molecular weight is 232 g/mol. The van der Waals surface area contributed by atoms with Gasteiger partial charge in [-0.25, -0.2) is 0 Å². The van der Waals surface area contributed by atoms with Crippen molar-refractivity contribution in [2.45, 2.75) is 25.7 Å². The van der Waals surface area contributed by atoms with Crippen LogP contribution in [0.15, 0.2) is 11.6 Å². The van der Waals surface area contributed by atoms with E-state index < -0.39 is 7.60 Å². The summed E-state index contributed by atoms with van der Waals surface area (Å²) in [5.41, 5.74) is 0.879. The van der Waals surface area contributed by atoms with E-state index >= 15 is 0 Å². The highest BCUT2D eigenvalue weighted by Gasteiger charge is 2.24. The van der Waals surface area contributed by atoms with Crippen molar-refractivity contribution in [3.63, 3.8) is 0 Å². The summed E-state index contributed by atoms with van der Waals surface area (Å²) in [7, 11) is -0.287. The molecule has 1 aliphatic rings. The molecule has 1 rings (SSSR count). The Kier molecular flexibility index (Phi) is 4.71. The van der Waals surface area contributed by atoms with Gasteiger partial charge in [-0.1, -0.05) is 5.57 Å². The van der Waals surface area contributed by atoms with Crippen LogP contribution < -0.4 is 0 Å². The Morgan fingerprint density at radius 1 is 1.27 bits per heavy atom. The van der Waals surface area contributed by atoms with E-state index in [9.17, 15) is 9.36 Å². The fraction of sp³-hybridized carbons (Fsp3) is 0.700. The van der Waals surface area contributed by atoms with Crippen molar-refractivity contribution in [3.05, 3.63) is 11.6 Å². The number of allylic oxidation sites excluding steroid dienone is 2. The molecular formula is C10H17O4P. The Balaban J connectivity index is 2.71. The molecule has 0 aromatic rings. The second-order valence-electron chi connectivity index (χ2n) is 3.61. The number of carbonyl (C=O) groups is 1. The Bertz CT molecular complexity index is 301. The lowest BCUT2D eigenvalue weighted by Crippen LogP contribution is -1.99. The second kappa shape index (κ2) is 5.59. The molecule has 0 aromatic heterocycles. The molecule has 0 radical (unpaired) electrons. The molecule has 0 unspecified atom stereocenters. The molecule has 4 nitrogen and oxygen atoms in total. The third-order valence-electron chi connectivity index (χ3n) is 2.49. The minimum atomic E-state index is -3.02. The number of hydrogen-bond donors (Lipinski definition) is 0. The summed E-state index contributed by atoms with van der Waals surface area (Å²) in [5.74, 6) is 0.112. The van der Waals surface area contributed by atoms with Crippen molar-refractivity contribution >= 4 is 13.4 Å². The van der Waals surface area contributed by atoms with Crippen LogP contribution in [-0.4, -0.2) is 26.2 Å². The van der Waals surface area contributed by atoms with Gasteiger partial charge in [-0.2, -0.15) is 0 Å². The maximum atomic E-state index is 11.8. The average Bonchev–Trinajstić information content (AvgIpc) is 2.42. The molecule has 0 aromatic carbocycles. The summed E-state index contributed by atoms with van der Waals surface area (Å²) >= 11 is 0. The van der Waals surface area contributed by atoms with Crippen molar-refractivity contribution < 1.29 is 18.4 Å². The van der Waals surface area contributed by atoms with Crippen LogP contribution in [0.3, 0.4) is 0 Å². The first kappa shape index (κ1) is 12.6. The molecule has 0 saturated carbocycles. The number of rotatable bonds is 4. The minimum absolute atomic E-state index is 0.112. The fourth-order valence-corrected chi connectivity index (χ4v) is 2.75. The van der Waals surface area contributed by atoms with E-state index in [-0.39, 0.29) is 11.9 Å². The fourth-order valence-electron chi connectivity index (χ4n) is 1.60. The molecule has 86 valence electrons. The Hall–Kier alpha value is -0.440. The normalized spacial score (nSPS) is 18.5. The summed E-state index contributed by atoms with van der Waals surface area (Å²) in [4.78, 5) is 11.3. The standard InChI is InChI=1S/C10H17O4P/c1-13-15(12,14-2)8-9-5-3-4-6-10(11)7-9/h7H,3-6,8H2,1-2H3. The minimum Gasteiger partial charge on any atom is -0.312 e. The van der Waals surface area contributed by atoms with E-state index in [2.05, 4.69) is 0 Å². The van der Waals surface area contributed by atoms with Crippen LogP contribution in [0.2, 0.25) is 0 Å². The largest absolute Gasteiger partial charge is 0.334 e. The topological polar surface area (TPSA) is 52.6 Å². The van der Waals surface area contributed by atoms with Crippen molar-refractivity contribution in [2.24, 2.45) is 0 Å². The van der Waals surface area contributed by atoms with Crippen LogP contribution in [0.1, 0.15) is 25.7 Å². The summed E-state index contributed by atoms with van der Waals surface area (Å²) < 4.78 is 21.5. The molecule has 0 aliphatic heterocycles. The van der Waals surface area contributed by atoms with Gasteiger partial charge in [0.25, 0.3) is 0 Å². The number of hydrogen-bond acceptors (Lipinski definition) is 4. The van der Waals surface area contributed by atoms with Crippen LogP contribution in [0.5, 0.6) is 0 Å². The first-order valence-corrected chi connectivity index (χ1v) is 6.75. The number of carbonyl (C=O) groups excluding carboxylic acids is 1. The van der Waals surface area contributed by atoms with Gasteiger partial charge in [0, 0.05) is 20.6 Å². The molecule has 0 N–H and O–H groups in total. The van der Waals surface area contributed by atoms with E-state index in [1.54, 1.807) is 6.08 Å². The first-order chi connectivity index (χ1) is 7.09. The van der Waals surface area contributed by atoms with Gasteiger partial charge in [-0.3, -0.25) is 9.36 Å². The van der Waals surface area contributed by atoms with Gasteiger partial charge in [-0.05, 0) is 25.3 Å². The quantitative estimate of drug-likeness (QED) is 0.699. The van der Waals surface area contributed by atoms with Crippen LogP contribution in [-0.2, 0) is 18.4 Å². The summed E-state index contributed by atoms with van der Waals surface area (Å²) in [6.45, 7) is 0. The maximum Gasteiger partial charge on any atom is 0.334 e. The van der Waals surface area contributed by atoms with Crippen molar-refractivity contribution in [1.82, 2.24) is 0 Å². The molecule has 0 amide bonds. The molecular weight excluding hydrogens is 215 g/mol. The Labute approximate surface area is 90.2 Å². The van der Waals surface area contributed by atoms with Gasteiger partial charge >= 0.3 is 7.60 Å². The highest BCUT2D eigenvalue weighted by atomic mass is 31.2. The zero-order valence-electron chi connectivity index (χ0n) is 9.19. The molecule has 0 spiro atoms. The van der Waals surface area contributed by atoms with Crippen LogP contribution in [0, 0.1) is 0 Å². The van der Waals surface area contributed by atoms with Gasteiger partial charge < -0.3 is 9.05 Å². The van der Waals surface area contributed by atoms with E-state index in [0.717, 1.165) is 24.8 Å². The Morgan fingerprint density at radius 2 is 1.87 bits per heavy atom. The molecule has 0 fully saturated rings. The molecule has 5 heteroatoms. The molecule has 0 bridgehead atoms. The lowest BCUT2D eigenvalue weighted by Gasteiger charge is -2.14. The van der Waals surface area contributed by atoms with E-state index in [1.807, 2.05) is 0 Å². The van der Waals surface area contributed by atoms with Crippen LogP contribution >= 0.6 is 7.60 Å². The monoisotopic (exact) mass is 232 g/mol. The molecule has 1 aliphatic carbocycles. The second-order valence-corrected chi connectivity index (χ2v) is 5.88. The van der Waals surface area contributed by atoms with Gasteiger partial charge in [0.05, 0.1) is 6.16 Å². The third-order valence-corrected chi connectivity index (χ3v) is 4.40. The molecule has 0 saturated heterocycles. The van der Waals surface area contributed by atoms with Crippen molar-refractivity contribution in [1.29, 1.82) is 0 Å².